The molecule has 2 aromatic rings. The Kier molecular flexibility index (Phi) is 9.79. The molecule has 0 unspecified atom stereocenters. The molecule has 10 nitrogen and oxygen atoms in total. The molecular formula is C25H31ClN4O6S. The number of amidine groups is 1. The lowest BCUT2D eigenvalue weighted by molar-refractivity contribution is -0.139. The standard InChI is InChI=1S/C25H31ClN4O6S/c1-2-35-24(32)16-37(33,34)30(13-3-4-17-14-18(25(27)28)5-7-22(17)31)19-6-8-23(21(26)15-19)36-20-9-11-29-12-10-20/h3-8,14-15,20,29,31H,2,9-13,16H2,1H3,(H3,27,28). The molecule has 0 aliphatic carbocycles. The minimum Gasteiger partial charge on any atom is -0.507 e. The van der Waals surface area contributed by atoms with Crippen LogP contribution < -0.4 is 20.1 Å². The quantitative estimate of drug-likeness (QED) is 0.189. The van der Waals surface area contributed by atoms with Gasteiger partial charge in [0.25, 0.3) is 0 Å². The second-order valence-corrected chi connectivity index (χ2v) is 10.7. The number of piperidine rings is 1. The largest absolute Gasteiger partial charge is 0.507 e. The van der Waals surface area contributed by atoms with Crippen molar-refractivity contribution in [2.24, 2.45) is 5.73 Å². The number of halogens is 1. The first-order valence-electron chi connectivity index (χ1n) is 11.8. The van der Waals surface area contributed by atoms with Gasteiger partial charge >= 0.3 is 5.97 Å². The van der Waals surface area contributed by atoms with Gasteiger partial charge in [0.2, 0.25) is 10.0 Å². The van der Waals surface area contributed by atoms with E-state index in [0.29, 0.717) is 16.9 Å². The molecule has 0 aromatic heterocycles. The van der Waals surface area contributed by atoms with Crippen molar-refractivity contribution in [1.82, 2.24) is 5.32 Å². The fourth-order valence-electron chi connectivity index (χ4n) is 3.77. The summed E-state index contributed by atoms with van der Waals surface area (Å²) in [5.74, 6) is -1.52. The number of benzene rings is 2. The fraction of sp³-hybridized carbons (Fsp3) is 0.360. The minimum absolute atomic E-state index is 0.00891. The first-order valence-corrected chi connectivity index (χ1v) is 13.8. The molecule has 0 saturated carbocycles. The van der Waals surface area contributed by atoms with Crippen LogP contribution in [0.25, 0.3) is 6.08 Å². The molecule has 1 saturated heterocycles. The Hall–Kier alpha value is -3.28. The number of carbonyl (C=O) groups excluding carboxylic acids is 1. The van der Waals surface area contributed by atoms with E-state index in [1.54, 1.807) is 19.1 Å². The van der Waals surface area contributed by atoms with E-state index in [0.717, 1.165) is 30.2 Å². The predicted molar refractivity (Wildman–Crippen MR) is 144 cm³/mol. The van der Waals surface area contributed by atoms with Crippen molar-refractivity contribution in [2.75, 3.05) is 36.3 Å². The molecule has 0 atom stereocenters. The Labute approximate surface area is 221 Å². The summed E-state index contributed by atoms with van der Waals surface area (Å²) in [5, 5.41) is 21.2. The molecule has 1 fully saturated rings. The lowest BCUT2D eigenvalue weighted by Crippen LogP contribution is -2.36. The Balaban J connectivity index is 1.88. The monoisotopic (exact) mass is 550 g/mol. The lowest BCUT2D eigenvalue weighted by Gasteiger charge is -2.26. The molecule has 2 aromatic carbocycles. The van der Waals surface area contributed by atoms with E-state index in [1.165, 1.54) is 36.4 Å². The summed E-state index contributed by atoms with van der Waals surface area (Å²) in [6.45, 7) is 3.16. The van der Waals surface area contributed by atoms with Crippen molar-refractivity contribution in [3.8, 4) is 11.5 Å². The molecule has 0 radical (unpaired) electrons. The van der Waals surface area contributed by atoms with Gasteiger partial charge in [-0.2, -0.15) is 0 Å². The average Bonchev–Trinajstić information content (AvgIpc) is 2.84. The molecule has 0 bridgehead atoms. The van der Waals surface area contributed by atoms with Crippen LogP contribution in [0.3, 0.4) is 0 Å². The van der Waals surface area contributed by atoms with Gasteiger partial charge < -0.3 is 25.6 Å². The van der Waals surface area contributed by atoms with Gasteiger partial charge in [0, 0.05) is 11.1 Å². The number of nitrogens with one attached hydrogen (secondary N) is 2. The van der Waals surface area contributed by atoms with Crippen molar-refractivity contribution in [1.29, 1.82) is 5.41 Å². The van der Waals surface area contributed by atoms with Crippen LogP contribution in [0, 0.1) is 5.41 Å². The Morgan fingerprint density at radius 3 is 2.65 bits per heavy atom. The SMILES string of the molecule is CCOC(=O)CS(=O)(=O)N(CC=Cc1cc(C(=N)N)ccc1O)c1ccc(OC2CCNCC2)c(Cl)c1. The van der Waals surface area contributed by atoms with Gasteiger partial charge in [-0.05, 0) is 69.3 Å². The number of hydrogen-bond donors (Lipinski definition) is 4. The van der Waals surface area contributed by atoms with E-state index in [-0.39, 0.29) is 41.6 Å². The van der Waals surface area contributed by atoms with Gasteiger partial charge in [-0.15, -0.1) is 0 Å². The van der Waals surface area contributed by atoms with Crippen molar-refractivity contribution < 1.29 is 27.8 Å². The number of ether oxygens (including phenoxy) is 2. The number of hydrogen-bond acceptors (Lipinski definition) is 8. The number of rotatable bonds is 11. The van der Waals surface area contributed by atoms with Gasteiger partial charge in [-0.25, -0.2) is 8.42 Å². The first-order chi connectivity index (χ1) is 17.6. The maximum atomic E-state index is 13.2. The first kappa shape index (κ1) is 28.3. The number of aromatic hydroxyl groups is 1. The summed E-state index contributed by atoms with van der Waals surface area (Å²) < 4.78 is 38.3. The molecule has 1 aliphatic rings. The van der Waals surface area contributed by atoms with E-state index in [2.05, 4.69) is 5.32 Å². The molecule has 3 rings (SSSR count). The van der Waals surface area contributed by atoms with Crippen molar-refractivity contribution >= 4 is 45.2 Å². The van der Waals surface area contributed by atoms with Gasteiger partial charge in [-0.1, -0.05) is 23.8 Å². The molecule has 1 aliphatic heterocycles. The number of sulfonamides is 1. The van der Waals surface area contributed by atoms with Crippen molar-refractivity contribution in [2.45, 2.75) is 25.9 Å². The van der Waals surface area contributed by atoms with Crippen LogP contribution in [-0.2, 0) is 19.6 Å². The van der Waals surface area contributed by atoms with Crippen molar-refractivity contribution in [3.05, 3.63) is 58.6 Å². The Bertz CT molecular complexity index is 1260. The van der Waals surface area contributed by atoms with Crippen LogP contribution >= 0.6 is 11.6 Å². The minimum atomic E-state index is -4.16. The third-order valence-electron chi connectivity index (χ3n) is 5.63. The second kappa shape index (κ2) is 12.8. The van der Waals surface area contributed by atoms with Crippen molar-refractivity contribution in [3.63, 3.8) is 0 Å². The molecule has 37 heavy (non-hydrogen) atoms. The molecule has 200 valence electrons. The maximum absolute atomic E-state index is 13.2. The Morgan fingerprint density at radius 1 is 1.27 bits per heavy atom. The van der Waals surface area contributed by atoms with Crippen LogP contribution in [-0.4, -0.2) is 63.4 Å². The number of phenols is 1. The number of nitrogen functional groups attached to an aromatic ring is 1. The lowest BCUT2D eigenvalue weighted by atomic mass is 10.1. The number of nitrogens with zero attached hydrogens (tertiary/aromatic N) is 1. The number of nitrogens with two attached hydrogens (primary N) is 1. The summed E-state index contributed by atoms with van der Waals surface area (Å²) in [4.78, 5) is 12.0. The summed E-state index contributed by atoms with van der Waals surface area (Å²) >= 11 is 6.46. The van der Waals surface area contributed by atoms with Gasteiger partial charge in [0.15, 0.2) is 5.75 Å². The number of carbonyl (C=O) groups is 1. The highest BCUT2D eigenvalue weighted by atomic mass is 35.5. The highest BCUT2D eigenvalue weighted by molar-refractivity contribution is 7.93. The van der Waals surface area contributed by atoms with E-state index in [1.807, 2.05) is 0 Å². The van der Waals surface area contributed by atoms with E-state index in [4.69, 9.17) is 32.2 Å². The molecule has 5 N–H and O–H groups in total. The van der Waals surface area contributed by atoms with Crippen LogP contribution in [0.15, 0.2) is 42.5 Å². The molecular weight excluding hydrogens is 520 g/mol. The fourth-order valence-corrected chi connectivity index (χ4v) is 5.28. The van der Waals surface area contributed by atoms with Crippen LogP contribution in [0.4, 0.5) is 5.69 Å². The number of phenolic OH excluding ortho intramolecular Hbond substituents is 1. The second-order valence-electron chi connectivity index (χ2n) is 8.36. The van der Waals surface area contributed by atoms with Gasteiger partial charge in [0.05, 0.1) is 23.9 Å². The zero-order chi connectivity index (χ0) is 27.0. The topological polar surface area (TPSA) is 155 Å². The smallest absolute Gasteiger partial charge is 0.323 e. The van der Waals surface area contributed by atoms with Gasteiger partial charge in [-0.3, -0.25) is 14.5 Å². The van der Waals surface area contributed by atoms with Gasteiger partial charge in [0.1, 0.15) is 23.4 Å². The summed E-state index contributed by atoms with van der Waals surface area (Å²) in [5.41, 5.74) is 6.50. The average molecular weight is 551 g/mol. The molecule has 0 spiro atoms. The number of esters is 1. The molecule has 0 amide bonds. The summed E-state index contributed by atoms with van der Waals surface area (Å²) in [6, 6.07) is 9.05. The van der Waals surface area contributed by atoms with E-state index >= 15 is 0 Å². The summed E-state index contributed by atoms with van der Waals surface area (Å²) in [7, 11) is -4.16. The molecule has 1 heterocycles. The zero-order valence-corrected chi connectivity index (χ0v) is 22.0. The predicted octanol–water partition coefficient (Wildman–Crippen LogP) is 2.87. The third kappa shape index (κ3) is 7.85. The van der Waals surface area contributed by atoms with Crippen LogP contribution in [0.2, 0.25) is 5.02 Å². The highest BCUT2D eigenvalue weighted by Gasteiger charge is 2.27. The Morgan fingerprint density at radius 2 is 2.00 bits per heavy atom. The normalized spacial score (nSPS) is 14.4. The number of anilines is 1. The van der Waals surface area contributed by atoms with Crippen LogP contribution in [0.1, 0.15) is 30.9 Å². The third-order valence-corrected chi connectivity index (χ3v) is 7.56. The van der Waals surface area contributed by atoms with E-state index < -0.39 is 21.7 Å². The molecule has 12 heteroatoms. The zero-order valence-electron chi connectivity index (χ0n) is 20.4. The summed E-state index contributed by atoms with van der Waals surface area (Å²) in [6.07, 6.45) is 4.69. The highest BCUT2D eigenvalue weighted by Crippen LogP contribution is 2.32. The maximum Gasteiger partial charge on any atom is 0.323 e. The van der Waals surface area contributed by atoms with E-state index in [9.17, 15) is 18.3 Å². The van der Waals surface area contributed by atoms with Crippen LogP contribution in [0.5, 0.6) is 11.5 Å².